The Kier molecular flexibility index (Phi) is 6.81. The molecule has 0 N–H and O–H groups in total. The number of amides is 1. The number of hydrogen-bond donors (Lipinski definition) is 0. The molecule has 5 nitrogen and oxygen atoms in total. The smallest absolute Gasteiger partial charge is 0.254 e. The quantitative estimate of drug-likeness (QED) is 0.658. The van der Waals surface area contributed by atoms with E-state index in [1.165, 1.54) is 17.4 Å². The van der Waals surface area contributed by atoms with Gasteiger partial charge in [-0.05, 0) is 57.0 Å². The Balaban J connectivity index is 1.84. The summed E-state index contributed by atoms with van der Waals surface area (Å²) in [5, 5.41) is 0. The molecule has 1 unspecified atom stereocenters. The normalized spacial score (nSPS) is 18.2. The average molecular weight is 441 g/mol. The van der Waals surface area contributed by atoms with E-state index in [0.717, 1.165) is 24.1 Å². The van der Waals surface area contributed by atoms with E-state index in [2.05, 4.69) is 0 Å². The van der Waals surface area contributed by atoms with Gasteiger partial charge in [-0.2, -0.15) is 4.31 Å². The number of thiophene rings is 1. The number of halogens is 1. The Labute approximate surface area is 176 Å². The molecule has 1 aromatic carbocycles. The molecule has 1 atom stereocenters. The van der Waals surface area contributed by atoms with Gasteiger partial charge in [-0.25, -0.2) is 8.42 Å². The molecule has 2 heterocycles. The molecule has 1 saturated heterocycles. The first-order valence-electron chi connectivity index (χ1n) is 9.48. The first-order chi connectivity index (χ1) is 13.3. The Morgan fingerprint density at radius 2 is 2.07 bits per heavy atom. The van der Waals surface area contributed by atoms with Crippen molar-refractivity contribution >= 4 is 38.9 Å². The number of nitrogens with zero attached hydrogens (tertiary/aromatic N) is 2. The zero-order valence-electron chi connectivity index (χ0n) is 16.1. The fourth-order valence-corrected chi connectivity index (χ4v) is 6.34. The Bertz CT molecular complexity index is 942. The molecule has 1 fully saturated rings. The highest BCUT2D eigenvalue weighted by atomic mass is 35.5. The molecule has 0 saturated carbocycles. The third-order valence-electron chi connectivity index (χ3n) is 5.07. The lowest BCUT2D eigenvalue weighted by Crippen LogP contribution is -2.42. The highest BCUT2D eigenvalue weighted by molar-refractivity contribution is 7.89. The zero-order chi connectivity index (χ0) is 20.3. The van der Waals surface area contributed by atoms with Crippen LogP contribution in [0.1, 0.15) is 48.3 Å². The predicted octanol–water partition coefficient (Wildman–Crippen LogP) is 4.63. The third-order valence-corrected chi connectivity index (χ3v) is 8.30. The van der Waals surface area contributed by atoms with Gasteiger partial charge in [0.25, 0.3) is 5.91 Å². The first kappa shape index (κ1) is 21.3. The van der Waals surface area contributed by atoms with Crippen LogP contribution in [-0.4, -0.2) is 42.7 Å². The number of carbonyl (C=O) groups is 1. The highest BCUT2D eigenvalue weighted by Gasteiger charge is 2.31. The van der Waals surface area contributed by atoms with E-state index in [4.69, 9.17) is 11.6 Å². The van der Waals surface area contributed by atoms with E-state index < -0.39 is 10.0 Å². The van der Waals surface area contributed by atoms with Crippen molar-refractivity contribution in [2.75, 3.05) is 13.1 Å². The van der Waals surface area contributed by atoms with E-state index in [-0.39, 0.29) is 16.8 Å². The summed E-state index contributed by atoms with van der Waals surface area (Å²) in [6.45, 7) is 5.35. The van der Waals surface area contributed by atoms with Gasteiger partial charge in [-0.1, -0.05) is 24.1 Å². The van der Waals surface area contributed by atoms with Gasteiger partial charge in [0.1, 0.15) is 0 Å². The molecule has 1 aliphatic rings. The Morgan fingerprint density at radius 3 is 2.71 bits per heavy atom. The maximum absolute atomic E-state index is 13.1. The predicted molar refractivity (Wildman–Crippen MR) is 113 cm³/mol. The minimum Gasteiger partial charge on any atom is -0.334 e. The van der Waals surface area contributed by atoms with Crippen molar-refractivity contribution in [3.05, 3.63) is 51.2 Å². The van der Waals surface area contributed by atoms with E-state index >= 15 is 0 Å². The third kappa shape index (κ3) is 4.59. The fraction of sp³-hybridized carbons (Fsp3) is 0.450. The molecule has 1 amide bonds. The van der Waals surface area contributed by atoms with Gasteiger partial charge in [0.2, 0.25) is 10.0 Å². The van der Waals surface area contributed by atoms with Gasteiger partial charge < -0.3 is 4.90 Å². The molecule has 8 heteroatoms. The first-order valence-corrected chi connectivity index (χ1v) is 12.1. The molecule has 152 valence electrons. The van der Waals surface area contributed by atoms with Crippen LogP contribution in [0.5, 0.6) is 0 Å². The van der Waals surface area contributed by atoms with E-state index in [1.54, 1.807) is 27.4 Å². The molecule has 28 heavy (non-hydrogen) atoms. The molecule has 1 aliphatic heterocycles. The van der Waals surface area contributed by atoms with Gasteiger partial charge in [-0.15, -0.1) is 11.3 Å². The molecule has 0 radical (unpaired) electrons. The summed E-state index contributed by atoms with van der Waals surface area (Å²) < 4.78 is 28.4. The molecule has 0 spiro atoms. The van der Waals surface area contributed by atoms with Crippen LogP contribution in [0.15, 0.2) is 41.3 Å². The van der Waals surface area contributed by atoms with Crippen LogP contribution < -0.4 is 0 Å². The number of carbonyl (C=O) groups excluding carboxylic acids is 1. The van der Waals surface area contributed by atoms with E-state index in [0.29, 0.717) is 29.5 Å². The molecule has 2 aromatic rings. The van der Waals surface area contributed by atoms with Crippen molar-refractivity contribution in [3.63, 3.8) is 0 Å². The molecule has 0 bridgehead atoms. The molecule has 3 rings (SSSR count). The maximum Gasteiger partial charge on any atom is 0.254 e. The Hall–Kier alpha value is -1.41. The molecule has 0 aliphatic carbocycles. The molecular weight excluding hydrogens is 416 g/mol. The minimum absolute atomic E-state index is 0.0196. The van der Waals surface area contributed by atoms with Crippen molar-refractivity contribution in [2.45, 2.75) is 50.6 Å². The number of rotatable bonds is 6. The van der Waals surface area contributed by atoms with Gasteiger partial charge >= 0.3 is 0 Å². The summed E-state index contributed by atoms with van der Waals surface area (Å²) in [5.41, 5.74) is 0.384. The summed E-state index contributed by atoms with van der Waals surface area (Å²) in [6, 6.07) is 10.1. The average Bonchev–Trinajstić information content (AvgIpc) is 3.10. The van der Waals surface area contributed by atoms with Crippen molar-refractivity contribution in [1.29, 1.82) is 0 Å². The van der Waals surface area contributed by atoms with E-state index in [1.807, 2.05) is 26.0 Å². The second kappa shape index (κ2) is 8.95. The van der Waals surface area contributed by atoms with Crippen molar-refractivity contribution in [2.24, 2.45) is 0 Å². The largest absolute Gasteiger partial charge is 0.334 e. The molecule has 1 aromatic heterocycles. The standard InChI is InChI=1S/C20H25ClN2O3S2/c1-3-22(14-17-10-11-19(21)27-17)20(24)16-8-6-9-18(13-16)28(25,26)23-12-5-4-7-15(23)2/h6,8-11,13,15H,3-5,7,12,14H2,1-2H3. The van der Waals surface area contributed by atoms with Crippen molar-refractivity contribution < 1.29 is 13.2 Å². The second-order valence-electron chi connectivity index (χ2n) is 7.01. The topological polar surface area (TPSA) is 57.7 Å². The Morgan fingerprint density at radius 1 is 1.29 bits per heavy atom. The van der Waals surface area contributed by atoms with Gasteiger partial charge in [0.15, 0.2) is 0 Å². The number of benzene rings is 1. The molecular formula is C20H25ClN2O3S2. The fourth-order valence-electron chi connectivity index (χ4n) is 3.49. The summed E-state index contributed by atoms with van der Waals surface area (Å²) in [6.07, 6.45) is 2.78. The highest BCUT2D eigenvalue weighted by Crippen LogP contribution is 2.27. The van der Waals surface area contributed by atoms with Gasteiger partial charge in [0, 0.05) is 29.6 Å². The maximum atomic E-state index is 13.1. The summed E-state index contributed by atoms with van der Waals surface area (Å²) in [7, 11) is -3.61. The van der Waals surface area contributed by atoms with Crippen molar-refractivity contribution in [1.82, 2.24) is 9.21 Å². The second-order valence-corrected chi connectivity index (χ2v) is 10.7. The van der Waals surface area contributed by atoms with Crippen molar-refractivity contribution in [3.8, 4) is 0 Å². The van der Waals surface area contributed by atoms with Gasteiger partial charge in [-0.3, -0.25) is 4.79 Å². The van der Waals surface area contributed by atoms with Crippen LogP contribution in [0.4, 0.5) is 0 Å². The monoisotopic (exact) mass is 440 g/mol. The summed E-state index contributed by atoms with van der Waals surface area (Å²) in [4.78, 5) is 15.9. The summed E-state index contributed by atoms with van der Waals surface area (Å²) in [5.74, 6) is -0.184. The van der Waals surface area contributed by atoms with Crippen LogP contribution in [0.25, 0.3) is 0 Å². The van der Waals surface area contributed by atoms with E-state index in [9.17, 15) is 13.2 Å². The van der Waals surface area contributed by atoms with Crippen LogP contribution in [0, 0.1) is 0 Å². The number of hydrogen-bond acceptors (Lipinski definition) is 4. The summed E-state index contributed by atoms with van der Waals surface area (Å²) >= 11 is 7.42. The number of piperidine rings is 1. The SMILES string of the molecule is CCN(Cc1ccc(Cl)s1)C(=O)c1cccc(S(=O)(=O)N2CCCCC2C)c1. The lowest BCUT2D eigenvalue weighted by atomic mass is 10.1. The van der Waals surface area contributed by atoms with Gasteiger partial charge in [0.05, 0.1) is 15.8 Å². The minimum atomic E-state index is -3.61. The van der Waals surface area contributed by atoms with Crippen LogP contribution in [0.2, 0.25) is 4.34 Å². The lowest BCUT2D eigenvalue weighted by molar-refractivity contribution is 0.0754. The van der Waals surface area contributed by atoms with Crippen LogP contribution in [0.3, 0.4) is 0 Å². The number of sulfonamides is 1. The van der Waals surface area contributed by atoms with Crippen LogP contribution in [-0.2, 0) is 16.6 Å². The zero-order valence-corrected chi connectivity index (χ0v) is 18.5. The lowest BCUT2D eigenvalue weighted by Gasteiger charge is -2.32. The van der Waals surface area contributed by atoms with Crippen LogP contribution >= 0.6 is 22.9 Å².